The van der Waals surface area contributed by atoms with Gasteiger partial charge in [0.1, 0.15) is 10.7 Å². The summed E-state index contributed by atoms with van der Waals surface area (Å²) in [4.78, 5) is 18.9. The summed E-state index contributed by atoms with van der Waals surface area (Å²) < 4.78 is 0. The maximum Gasteiger partial charge on any atom is 0.265 e. The van der Waals surface area contributed by atoms with E-state index in [2.05, 4.69) is 10.1 Å². The van der Waals surface area contributed by atoms with Gasteiger partial charge in [-0.25, -0.2) is 4.98 Å². The fourth-order valence-corrected chi connectivity index (χ4v) is 3.00. The van der Waals surface area contributed by atoms with Crippen LogP contribution >= 0.6 is 11.3 Å². The van der Waals surface area contributed by atoms with Crippen molar-refractivity contribution < 1.29 is 10.0 Å². The van der Waals surface area contributed by atoms with Crippen LogP contribution in [0, 0.1) is 12.3 Å². The Kier molecular flexibility index (Phi) is 3.75. The second-order valence-corrected chi connectivity index (χ2v) is 5.96. The summed E-state index contributed by atoms with van der Waals surface area (Å²) >= 11 is 1.37. The van der Waals surface area contributed by atoms with Crippen molar-refractivity contribution in [3.63, 3.8) is 0 Å². The number of hydrogen-bond donors (Lipinski definition) is 2. The lowest BCUT2D eigenvalue weighted by Gasteiger charge is -2.38. The lowest BCUT2D eigenvalue weighted by Crippen LogP contribution is -2.47. The van der Waals surface area contributed by atoms with E-state index in [-0.39, 0.29) is 17.2 Å². The zero-order valence-corrected chi connectivity index (χ0v) is 11.9. The number of aromatic nitrogens is 1. The highest BCUT2D eigenvalue weighted by molar-refractivity contribution is 7.11. The Hall–Kier alpha value is -1.63. The van der Waals surface area contributed by atoms with E-state index in [0.717, 1.165) is 5.69 Å². The molecular formula is C12H18N4O2S. The van der Waals surface area contributed by atoms with Gasteiger partial charge in [-0.2, -0.15) is 0 Å². The van der Waals surface area contributed by atoms with Gasteiger partial charge in [0.2, 0.25) is 0 Å². The second-order valence-electron chi connectivity index (χ2n) is 5.10. The maximum atomic E-state index is 12.3. The van der Waals surface area contributed by atoms with Gasteiger partial charge < -0.3 is 15.8 Å². The van der Waals surface area contributed by atoms with Gasteiger partial charge in [-0.05, 0) is 19.8 Å². The second kappa shape index (κ2) is 5.16. The van der Waals surface area contributed by atoms with E-state index in [4.69, 9.17) is 10.9 Å². The van der Waals surface area contributed by atoms with Gasteiger partial charge in [-0.3, -0.25) is 4.79 Å². The number of hydrogen-bond acceptors (Lipinski definition) is 5. The third kappa shape index (κ3) is 2.56. The Bertz CT molecular complexity index is 504. The molecule has 0 unspecified atom stereocenters. The number of likely N-dealkylation sites (tertiary alicyclic amines) is 1. The van der Waals surface area contributed by atoms with Crippen LogP contribution in [-0.2, 0) is 0 Å². The Labute approximate surface area is 115 Å². The van der Waals surface area contributed by atoms with Gasteiger partial charge >= 0.3 is 0 Å². The number of nitrogens with zero attached hydrogens (tertiary/aromatic N) is 3. The molecule has 1 fully saturated rings. The Balaban J connectivity index is 2.05. The lowest BCUT2D eigenvalue weighted by atomic mass is 9.79. The molecule has 19 heavy (non-hydrogen) atoms. The minimum Gasteiger partial charge on any atom is -0.409 e. The van der Waals surface area contributed by atoms with Crippen LogP contribution in [0.3, 0.4) is 0 Å². The van der Waals surface area contributed by atoms with E-state index in [1.54, 1.807) is 5.51 Å². The molecule has 0 aromatic carbocycles. The number of piperidine rings is 1. The first-order valence-corrected chi connectivity index (χ1v) is 7.03. The van der Waals surface area contributed by atoms with Crippen molar-refractivity contribution in [2.24, 2.45) is 16.3 Å². The summed E-state index contributed by atoms with van der Waals surface area (Å²) in [5.74, 6) is 0.273. The molecule has 6 nitrogen and oxygen atoms in total. The zero-order chi connectivity index (χ0) is 14.0. The van der Waals surface area contributed by atoms with Gasteiger partial charge in [0.25, 0.3) is 5.91 Å². The third-order valence-corrected chi connectivity index (χ3v) is 4.74. The van der Waals surface area contributed by atoms with E-state index in [1.165, 1.54) is 11.3 Å². The highest BCUT2D eigenvalue weighted by Crippen LogP contribution is 2.32. The molecule has 1 saturated heterocycles. The summed E-state index contributed by atoms with van der Waals surface area (Å²) in [6.45, 7) is 5.03. The smallest absolute Gasteiger partial charge is 0.265 e. The fourth-order valence-electron chi connectivity index (χ4n) is 2.23. The van der Waals surface area contributed by atoms with Crippen LogP contribution in [0.15, 0.2) is 10.7 Å². The molecular weight excluding hydrogens is 264 g/mol. The summed E-state index contributed by atoms with van der Waals surface area (Å²) in [6, 6.07) is 0. The molecule has 1 aliphatic heterocycles. The lowest BCUT2D eigenvalue weighted by molar-refractivity contribution is 0.0670. The van der Waals surface area contributed by atoms with Crippen LogP contribution in [0.1, 0.15) is 35.1 Å². The molecule has 2 heterocycles. The molecule has 104 valence electrons. The SMILES string of the molecule is Cc1ncsc1C(=O)N1CCC(C)(C(N)=NO)CC1. The van der Waals surface area contributed by atoms with Crippen LogP contribution in [-0.4, -0.2) is 39.9 Å². The maximum absolute atomic E-state index is 12.3. The van der Waals surface area contributed by atoms with Crippen LogP contribution in [0.5, 0.6) is 0 Å². The number of oxime groups is 1. The molecule has 2 rings (SSSR count). The van der Waals surface area contributed by atoms with Gasteiger partial charge in [-0.1, -0.05) is 12.1 Å². The number of carbonyl (C=O) groups excluding carboxylic acids is 1. The average molecular weight is 282 g/mol. The summed E-state index contributed by atoms with van der Waals surface area (Å²) in [7, 11) is 0. The Morgan fingerprint density at radius 2 is 2.21 bits per heavy atom. The first-order valence-electron chi connectivity index (χ1n) is 6.15. The quantitative estimate of drug-likeness (QED) is 0.371. The molecule has 0 bridgehead atoms. The largest absolute Gasteiger partial charge is 0.409 e. The minimum absolute atomic E-state index is 0.0292. The van der Waals surface area contributed by atoms with E-state index >= 15 is 0 Å². The number of amidine groups is 1. The number of aryl methyl sites for hydroxylation is 1. The van der Waals surface area contributed by atoms with Gasteiger partial charge in [0.05, 0.1) is 11.2 Å². The molecule has 1 aliphatic rings. The number of nitrogens with two attached hydrogens (primary N) is 1. The first kappa shape index (κ1) is 13.8. The first-order chi connectivity index (χ1) is 8.98. The molecule has 1 amide bonds. The molecule has 1 aromatic rings. The molecule has 0 aliphatic carbocycles. The standard InChI is InChI=1S/C12H18N4O2S/c1-8-9(19-7-14-8)10(17)16-5-3-12(2,4-6-16)11(13)15-18/h7,18H,3-6H2,1-2H3,(H2,13,15). The predicted octanol–water partition coefficient (Wildman–Crippen LogP) is 1.44. The Morgan fingerprint density at radius 1 is 1.58 bits per heavy atom. The topological polar surface area (TPSA) is 91.8 Å². The van der Waals surface area contributed by atoms with E-state index < -0.39 is 0 Å². The highest BCUT2D eigenvalue weighted by atomic mass is 32.1. The normalized spacial score (nSPS) is 19.5. The number of thiazole rings is 1. The van der Waals surface area contributed by atoms with Crippen LogP contribution in [0.2, 0.25) is 0 Å². The number of amides is 1. The average Bonchev–Trinajstić information content (AvgIpc) is 2.84. The summed E-state index contributed by atoms with van der Waals surface area (Å²) in [5.41, 5.74) is 7.85. The minimum atomic E-state index is -0.325. The van der Waals surface area contributed by atoms with E-state index in [1.807, 2.05) is 18.7 Å². The molecule has 7 heteroatoms. The molecule has 0 atom stereocenters. The zero-order valence-electron chi connectivity index (χ0n) is 11.1. The van der Waals surface area contributed by atoms with Crippen molar-refractivity contribution in [1.29, 1.82) is 0 Å². The van der Waals surface area contributed by atoms with Crippen molar-refractivity contribution in [3.8, 4) is 0 Å². The van der Waals surface area contributed by atoms with Crippen LogP contribution < -0.4 is 5.73 Å². The van der Waals surface area contributed by atoms with E-state index in [9.17, 15) is 4.79 Å². The van der Waals surface area contributed by atoms with Gasteiger partial charge in [0.15, 0.2) is 0 Å². The highest BCUT2D eigenvalue weighted by Gasteiger charge is 2.36. The summed E-state index contributed by atoms with van der Waals surface area (Å²) in [5, 5.41) is 11.9. The predicted molar refractivity (Wildman–Crippen MR) is 73.5 cm³/mol. The van der Waals surface area contributed by atoms with Crippen molar-refractivity contribution in [1.82, 2.24) is 9.88 Å². The number of rotatable bonds is 2. The fraction of sp³-hybridized carbons (Fsp3) is 0.583. The van der Waals surface area contributed by atoms with Crippen LogP contribution in [0.4, 0.5) is 0 Å². The van der Waals surface area contributed by atoms with E-state index in [0.29, 0.717) is 30.8 Å². The Morgan fingerprint density at radius 3 is 2.68 bits per heavy atom. The summed E-state index contributed by atoms with van der Waals surface area (Å²) in [6.07, 6.45) is 1.40. The van der Waals surface area contributed by atoms with Crippen molar-refractivity contribution in [2.75, 3.05) is 13.1 Å². The molecule has 0 radical (unpaired) electrons. The van der Waals surface area contributed by atoms with Crippen molar-refractivity contribution in [2.45, 2.75) is 26.7 Å². The molecule has 3 N–H and O–H groups in total. The molecule has 0 spiro atoms. The molecule has 0 saturated carbocycles. The monoisotopic (exact) mass is 282 g/mol. The molecule has 1 aromatic heterocycles. The van der Waals surface area contributed by atoms with Crippen molar-refractivity contribution >= 4 is 23.1 Å². The third-order valence-electron chi connectivity index (χ3n) is 3.82. The van der Waals surface area contributed by atoms with Crippen LogP contribution in [0.25, 0.3) is 0 Å². The van der Waals surface area contributed by atoms with Gasteiger partial charge in [-0.15, -0.1) is 11.3 Å². The number of carbonyl (C=O) groups is 1. The van der Waals surface area contributed by atoms with Gasteiger partial charge in [0, 0.05) is 18.5 Å². The van der Waals surface area contributed by atoms with Crippen molar-refractivity contribution in [3.05, 3.63) is 16.1 Å².